The summed E-state index contributed by atoms with van der Waals surface area (Å²) in [6, 6.07) is 11.5. The molecule has 0 fully saturated rings. The van der Waals surface area contributed by atoms with Crippen LogP contribution in [0.3, 0.4) is 0 Å². The summed E-state index contributed by atoms with van der Waals surface area (Å²) >= 11 is 0. The number of para-hydroxylation sites is 1. The maximum Gasteiger partial charge on any atom is 0.341 e. The molecule has 2 rings (SSSR count). The van der Waals surface area contributed by atoms with Gasteiger partial charge in [0.2, 0.25) is 0 Å². The van der Waals surface area contributed by atoms with E-state index in [1.165, 1.54) is 12.0 Å². The van der Waals surface area contributed by atoms with Gasteiger partial charge in [0.15, 0.2) is 0 Å². The molecular weight excluding hydrogens is 346 g/mol. The van der Waals surface area contributed by atoms with Gasteiger partial charge in [-0.05, 0) is 31.5 Å². The molecule has 27 heavy (non-hydrogen) atoms. The number of benzene rings is 1. The quantitative estimate of drug-likeness (QED) is 0.569. The molecule has 1 N–H and O–H groups in total. The number of nitrogens with zero attached hydrogens (tertiary/aromatic N) is 2. The van der Waals surface area contributed by atoms with Crippen LogP contribution >= 0.6 is 0 Å². The minimum Gasteiger partial charge on any atom is -0.465 e. The van der Waals surface area contributed by atoms with E-state index in [0.717, 1.165) is 18.7 Å². The first-order valence-corrected chi connectivity index (χ1v) is 8.85. The van der Waals surface area contributed by atoms with E-state index in [1.54, 1.807) is 20.0 Å². The third-order valence-electron chi connectivity index (χ3n) is 4.26. The van der Waals surface area contributed by atoms with E-state index in [2.05, 4.69) is 22.3 Å². The maximum absolute atomic E-state index is 12.2. The van der Waals surface area contributed by atoms with Gasteiger partial charge >= 0.3 is 12.0 Å². The molecule has 0 saturated heterocycles. The number of furan rings is 1. The van der Waals surface area contributed by atoms with Gasteiger partial charge in [-0.1, -0.05) is 18.2 Å². The summed E-state index contributed by atoms with van der Waals surface area (Å²) in [7, 11) is 5.03. The molecule has 0 radical (unpaired) electrons. The van der Waals surface area contributed by atoms with Crippen LogP contribution in [0.4, 0.5) is 10.5 Å². The van der Waals surface area contributed by atoms with Crippen molar-refractivity contribution < 1.29 is 18.7 Å². The number of hydrogen-bond donors (Lipinski definition) is 1. The Hall–Kier alpha value is -2.96. The molecule has 146 valence electrons. The normalized spacial score (nSPS) is 10.4. The molecule has 0 saturated carbocycles. The van der Waals surface area contributed by atoms with E-state index in [-0.39, 0.29) is 12.6 Å². The Morgan fingerprint density at radius 3 is 2.56 bits per heavy atom. The van der Waals surface area contributed by atoms with Crippen LogP contribution in [-0.4, -0.2) is 51.2 Å². The Labute approximate surface area is 159 Å². The van der Waals surface area contributed by atoms with Crippen molar-refractivity contribution in [1.82, 2.24) is 10.2 Å². The Morgan fingerprint density at radius 1 is 1.19 bits per heavy atom. The number of rotatable bonds is 8. The highest BCUT2D eigenvalue weighted by Crippen LogP contribution is 2.17. The van der Waals surface area contributed by atoms with Gasteiger partial charge in [0.1, 0.15) is 17.1 Å². The zero-order chi connectivity index (χ0) is 19.8. The highest BCUT2D eigenvalue weighted by Gasteiger charge is 2.17. The fourth-order valence-corrected chi connectivity index (χ4v) is 2.70. The van der Waals surface area contributed by atoms with Crippen molar-refractivity contribution >= 4 is 17.7 Å². The van der Waals surface area contributed by atoms with Crippen LogP contribution in [0.15, 0.2) is 40.8 Å². The number of nitrogens with one attached hydrogen (secondary N) is 1. The largest absolute Gasteiger partial charge is 0.465 e. The maximum atomic E-state index is 12.2. The number of ether oxygens (including phenoxy) is 1. The second kappa shape index (κ2) is 9.66. The average molecular weight is 373 g/mol. The Kier molecular flexibility index (Phi) is 7.28. The lowest BCUT2D eigenvalue weighted by molar-refractivity contribution is 0.0598. The molecule has 2 amide bonds. The van der Waals surface area contributed by atoms with Crippen molar-refractivity contribution in [2.75, 3.05) is 39.2 Å². The summed E-state index contributed by atoms with van der Waals surface area (Å²) in [4.78, 5) is 27.5. The molecule has 1 aromatic heterocycles. The van der Waals surface area contributed by atoms with Crippen molar-refractivity contribution in [2.24, 2.45) is 0 Å². The van der Waals surface area contributed by atoms with Crippen molar-refractivity contribution in [1.29, 1.82) is 0 Å². The van der Waals surface area contributed by atoms with Gasteiger partial charge in [0.25, 0.3) is 0 Å². The SMILES string of the molecule is COC(=O)c1cc(CN(C)C(=O)NCCCN(C)c2ccccc2)oc1C. The number of anilines is 1. The molecule has 7 heteroatoms. The average Bonchev–Trinajstić information content (AvgIpc) is 3.04. The van der Waals surface area contributed by atoms with Gasteiger partial charge in [0, 0.05) is 32.9 Å². The van der Waals surface area contributed by atoms with Crippen LogP contribution < -0.4 is 10.2 Å². The fourth-order valence-electron chi connectivity index (χ4n) is 2.70. The predicted molar refractivity (Wildman–Crippen MR) is 104 cm³/mol. The first-order valence-electron chi connectivity index (χ1n) is 8.85. The fraction of sp³-hybridized carbons (Fsp3) is 0.400. The number of amides is 2. The van der Waals surface area contributed by atoms with E-state index in [0.29, 0.717) is 23.6 Å². The number of carbonyl (C=O) groups is 2. The van der Waals surface area contributed by atoms with E-state index in [1.807, 2.05) is 25.2 Å². The molecule has 1 heterocycles. The first-order chi connectivity index (χ1) is 12.9. The lowest BCUT2D eigenvalue weighted by Crippen LogP contribution is -2.38. The summed E-state index contributed by atoms with van der Waals surface area (Å²) in [5.74, 6) is 0.570. The lowest BCUT2D eigenvalue weighted by Gasteiger charge is -2.20. The van der Waals surface area contributed by atoms with Crippen LogP contribution in [0.1, 0.15) is 28.3 Å². The van der Waals surface area contributed by atoms with Gasteiger partial charge in [-0.3, -0.25) is 0 Å². The van der Waals surface area contributed by atoms with Crippen molar-refractivity contribution in [3.05, 3.63) is 53.5 Å². The van der Waals surface area contributed by atoms with Crippen molar-refractivity contribution in [3.8, 4) is 0 Å². The van der Waals surface area contributed by atoms with Crippen molar-refractivity contribution in [2.45, 2.75) is 19.9 Å². The number of aryl methyl sites for hydroxylation is 1. The monoisotopic (exact) mass is 373 g/mol. The van der Waals surface area contributed by atoms with Crippen LogP contribution in [0, 0.1) is 6.92 Å². The first kappa shape index (κ1) is 20.4. The van der Waals surface area contributed by atoms with E-state index < -0.39 is 5.97 Å². The van der Waals surface area contributed by atoms with Crippen molar-refractivity contribution in [3.63, 3.8) is 0 Å². The van der Waals surface area contributed by atoms with Crippen LogP contribution in [0.2, 0.25) is 0 Å². The molecule has 0 bridgehead atoms. The Balaban J connectivity index is 1.75. The number of hydrogen-bond acceptors (Lipinski definition) is 5. The summed E-state index contributed by atoms with van der Waals surface area (Å²) in [5.41, 5.74) is 1.53. The molecule has 0 aliphatic rings. The van der Waals surface area contributed by atoms with E-state index in [9.17, 15) is 9.59 Å². The second-order valence-electron chi connectivity index (χ2n) is 6.37. The summed E-state index contributed by atoms with van der Waals surface area (Å²) in [5, 5.41) is 2.89. The van der Waals surface area contributed by atoms with Gasteiger partial charge in [-0.25, -0.2) is 9.59 Å². The lowest BCUT2D eigenvalue weighted by atomic mass is 10.2. The highest BCUT2D eigenvalue weighted by atomic mass is 16.5. The van der Waals surface area contributed by atoms with E-state index in [4.69, 9.17) is 9.15 Å². The molecule has 2 aromatic rings. The Morgan fingerprint density at radius 2 is 1.89 bits per heavy atom. The van der Waals surface area contributed by atoms with Gasteiger partial charge in [-0.2, -0.15) is 0 Å². The van der Waals surface area contributed by atoms with Crippen LogP contribution in [0.25, 0.3) is 0 Å². The summed E-state index contributed by atoms with van der Waals surface area (Å²) in [6.45, 7) is 3.38. The third kappa shape index (κ3) is 5.77. The molecule has 7 nitrogen and oxygen atoms in total. The predicted octanol–water partition coefficient (Wildman–Crippen LogP) is 3.04. The summed E-state index contributed by atoms with van der Waals surface area (Å²) in [6.07, 6.45) is 0.831. The standard InChI is InChI=1S/C20H27N3O4/c1-15-18(19(24)26-4)13-17(27-15)14-23(3)20(25)21-11-8-12-22(2)16-9-6-5-7-10-16/h5-7,9-10,13H,8,11-12,14H2,1-4H3,(H,21,25). The second-order valence-corrected chi connectivity index (χ2v) is 6.37. The number of carbonyl (C=O) groups excluding carboxylic acids is 2. The number of urea groups is 1. The molecule has 0 atom stereocenters. The van der Waals surface area contributed by atoms with Gasteiger partial charge in [0.05, 0.1) is 13.7 Å². The highest BCUT2D eigenvalue weighted by molar-refractivity contribution is 5.90. The van der Waals surface area contributed by atoms with Gasteiger partial charge in [-0.15, -0.1) is 0 Å². The molecule has 0 spiro atoms. The molecule has 1 aromatic carbocycles. The topological polar surface area (TPSA) is 75.0 Å². The molecule has 0 aliphatic carbocycles. The minimum absolute atomic E-state index is 0.189. The third-order valence-corrected chi connectivity index (χ3v) is 4.26. The molecular formula is C20H27N3O4. The van der Waals surface area contributed by atoms with Crippen LogP contribution in [-0.2, 0) is 11.3 Å². The zero-order valence-corrected chi connectivity index (χ0v) is 16.3. The molecule has 0 unspecified atom stereocenters. The van der Waals surface area contributed by atoms with E-state index >= 15 is 0 Å². The van der Waals surface area contributed by atoms with Crippen LogP contribution in [0.5, 0.6) is 0 Å². The minimum atomic E-state index is -0.447. The number of methoxy groups -OCH3 is 1. The Bertz CT molecular complexity index is 758. The van der Waals surface area contributed by atoms with Gasteiger partial charge < -0.3 is 24.3 Å². The summed E-state index contributed by atoms with van der Waals surface area (Å²) < 4.78 is 10.2. The molecule has 0 aliphatic heterocycles. The zero-order valence-electron chi connectivity index (χ0n) is 16.3. The number of esters is 1. The smallest absolute Gasteiger partial charge is 0.341 e.